The number of carbonyl (C=O) groups excluding carboxylic acids is 1. The molecule has 2 fully saturated rings. The highest BCUT2D eigenvalue weighted by atomic mass is 16.2. The highest BCUT2D eigenvalue weighted by Gasteiger charge is 2.41. The number of aryl methyl sites for hydroxylation is 1. The maximum Gasteiger partial charge on any atom is 0.223 e. The zero-order valence-electron chi connectivity index (χ0n) is 10.9. The average Bonchev–Trinajstić information content (AvgIpc) is 3.01. The first-order valence-electron chi connectivity index (χ1n) is 6.84. The maximum absolute atomic E-state index is 12.3. The topological polar surface area (TPSA) is 39.3 Å². The molecule has 3 heterocycles. The number of fused-ring (bicyclic) bond motifs is 1. The maximum atomic E-state index is 12.3. The van der Waals surface area contributed by atoms with Crippen LogP contribution in [0.4, 0.5) is 0 Å². The van der Waals surface area contributed by atoms with Crippen LogP contribution in [-0.2, 0) is 11.2 Å². The van der Waals surface area contributed by atoms with E-state index in [4.69, 9.17) is 0 Å². The molecule has 2 saturated heterocycles. The van der Waals surface area contributed by atoms with Crippen molar-refractivity contribution in [2.24, 2.45) is 5.92 Å². The van der Waals surface area contributed by atoms with Crippen molar-refractivity contribution in [1.29, 1.82) is 0 Å². The van der Waals surface area contributed by atoms with E-state index >= 15 is 0 Å². The van der Waals surface area contributed by atoms with E-state index in [9.17, 15) is 4.79 Å². The van der Waals surface area contributed by atoms with Crippen LogP contribution in [0.1, 0.15) is 18.5 Å². The molecule has 98 valence electrons. The van der Waals surface area contributed by atoms with Crippen LogP contribution in [-0.4, -0.2) is 53.4 Å². The van der Waals surface area contributed by atoms with Gasteiger partial charge in [0.05, 0.1) is 0 Å². The molecule has 1 aromatic heterocycles. The first-order valence-corrected chi connectivity index (χ1v) is 6.84. The fourth-order valence-corrected chi connectivity index (χ4v) is 3.39. The Balaban J connectivity index is 1.56. The summed E-state index contributed by atoms with van der Waals surface area (Å²) in [6.45, 7) is 3.18. The minimum absolute atomic E-state index is 0.326. The van der Waals surface area contributed by atoms with Crippen LogP contribution in [0.5, 0.6) is 0 Å². The second-order valence-corrected chi connectivity index (χ2v) is 5.62. The van der Waals surface area contributed by atoms with Gasteiger partial charge in [0, 0.05) is 44.0 Å². The Morgan fingerprint density at radius 2 is 2.39 bits per heavy atom. The van der Waals surface area contributed by atoms with Crippen molar-refractivity contribution in [2.45, 2.75) is 25.3 Å². The van der Waals surface area contributed by atoms with E-state index in [0.29, 0.717) is 24.3 Å². The number of likely N-dealkylation sites (N-methyl/N-ethyl adjacent to an activating group) is 1. The van der Waals surface area contributed by atoms with Crippen LogP contribution >= 0.6 is 0 Å². The van der Waals surface area contributed by atoms with Gasteiger partial charge in [0.2, 0.25) is 5.91 Å². The molecule has 3 rings (SSSR count). The van der Waals surface area contributed by atoms with Gasteiger partial charge < -0.3 is 14.8 Å². The largest absolute Gasteiger partial charge is 0.365 e. The number of hydrogen-bond acceptors (Lipinski definition) is 2. The fraction of sp³-hybridized carbons (Fsp3) is 0.643. The number of carbonyl (C=O) groups is 1. The number of likely N-dealkylation sites (tertiary alicyclic amines) is 2. The summed E-state index contributed by atoms with van der Waals surface area (Å²) >= 11 is 0. The van der Waals surface area contributed by atoms with Crippen molar-refractivity contribution < 1.29 is 4.79 Å². The van der Waals surface area contributed by atoms with Gasteiger partial charge in [0.25, 0.3) is 0 Å². The van der Waals surface area contributed by atoms with Gasteiger partial charge in [0.15, 0.2) is 0 Å². The van der Waals surface area contributed by atoms with Gasteiger partial charge in [-0.1, -0.05) is 0 Å². The number of nitrogens with zero attached hydrogens (tertiary/aromatic N) is 2. The van der Waals surface area contributed by atoms with E-state index in [1.54, 1.807) is 0 Å². The minimum atomic E-state index is 0.326. The molecule has 0 unspecified atom stereocenters. The van der Waals surface area contributed by atoms with Crippen molar-refractivity contribution in [2.75, 3.05) is 26.7 Å². The number of rotatable bonds is 3. The molecule has 0 radical (unpaired) electrons. The molecule has 1 aromatic rings. The third-order valence-electron chi connectivity index (χ3n) is 4.32. The van der Waals surface area contributed by atoms with Crippen molar-refractivity contribution in [3.05, 3.63) is 24.0 Å². The lowest BCUT2D eigenvalue weighted by molar-refractivity contribution is -0.132. The summed E-state index contributed by atoms with van der Waals surface area (Å²) in [4.78, 5) is 19.9. The van der Waals surface area contributed by atoms with Crippen LogP contribution in [0, 0.1) is 5.92 Å². The van der Waals surface area contributed by atoms with Crippen molar-refractivity contribution in [3.63, 3.8) is 0 Å². The molecule has 0 bridgehead atoms. The Bertz CT molecular complexity index is 415. The van der Waals surface area contributed by atoms with E-state index in [-0.39, 0.29) is 0 Å². The number of aromatic nitrogens is 1. The van der Waals surface area contributed by atoms with Gasteiger partial charge in [-0.25, -0.2) is 0 Å². The quantitative estimate of drug-likeness (QED) is 0.869. The summed E-state index contributed by atoms with van der Waals surface area (Å²) in [6.07, 6.45) is 4.56. The first-order chi connectivity index (χ1) is 8.74. The number of nitrogens with one attached hydrogen (secondary N) is 1. The minimum Gasteiger partial charge on any atom is -0.365 e. The van der Waals surface area contributed by atoms with Gasteiger partial charge in [0.1, 0.15) is 0 Å². The summed E-state index contributed by atoms with van der Waals surface area (Å²) in [7, 11) is 2.15. The fourth-order valence-electron chi connectivity index (χ4n) is 3.39. The van der Waals surface area contributed by atoms with Crippen molar-refractivity contribution in [1.82, 2.24) is 14.8 Å². The Morgan fingerprint density at radius 3 is 3.17 bits per heavy atom. The standard InChI is InChI=1S/C14H21N3O/c1-16-9-11-6-8-17(13(11)10-16)14(18)5-4-12-3-2-7-15-12/h2-3,7,11,13,15H,4-6,8-10H2,1H3/t11-,13+/m0/s1. The van der Waals surface area contributed by atoms with Crippen LogP contribution in [0.3, 0.4) is 0 Å². The van der Waals surface area contributed by atoms with Gasteiger partial charge in [-0.15, -0.1) is 0 Å². The molecule has 2 atom stereocenters. The Kier molecular flexibility index (Phi) is 3.12. The van der Waals surface area contributed by atoms with Crippen LogP contribution in [0.15, 0.2) is 18.3 Å². The van der Waals surface area contributed by atoms with E-state index in [0.717, 1.165) is 31.7 Å². The molecule has 4 nitrogen and oxygen atoms in total. The third-order valence-corrected chi connectivity index (χ3v) is 4.32. The summed E-state index contributed by atoms with van der Waals surface area (Å²) in [5.74, 6) is 1.04. The molecular weight excluding hydrogens is 226 g/mol. The molecule has 0 aliphatic carbocycles. The average molecular weight is 247 g/mol. The summed E-state index contributed by atoms with van der Waals surface area (Å²) < 4.78 is 0. The molecule has 2 aliphatic rings. The number of H-pyrrole nitrogens is 1. The zero-order valence-corrected chi connectivity index (χ0v) is 10.9. The Hall–Kier alpha value is -1.29. The summed E-state index contributed by atoms with van der Waals surface area (Å²) in [6, 6.07) is 4.51. The second kappa shape index (κ2) is 4.76. The molecule has 1 N–H and O–H groups in total. The highest BCUT2D eigenvalue weighted by molar-refractivity contribution is 5.77. The summed E-state index contributed by atoms with van der Waals surface area (Å²) in [5.41, 5.74) is 1.16. The van der Waals surface area contributed by atoms with E-state index < -0.39 is 0 Å². The monoisotopic (exact) mass is 247 g/mol. The molecule has 2 aliphatic heterocycles. The van der Waals surface area contributed by atoms with Crippen LogP contribution in [0.2, 0.25) is 0 Å². The lowest BCUT2D eigenvalue weighted by Crippen LogP contribution is -2.39. The van der Waals surface area contributed by atoms with E-state index in [2.05, 4.69) is 21.8 Å². The second-order valence-electron chi connectivity index (χ2n) is 5.62. The number of aromatic amines is 1. The lowest BCUT2D eigenvalue weighted by Gasteiger charge is -2.24. The third kappa shape index (κ3) is 2.17. The number of amides is 1. The Labute approximate surface area is 108 Å². The predicted octanol–water partition coefficient (Wildman–Crippen LogP) is 1.11. The molecule has 0 spiro atoms. The molecule has 4 heteroatoms. The molecule has 1 amide bonds. The summed E-state index contributed by atoms with van der Waals surface area (Å²) in [5, 5.41) is 0. The van der Waals surface area contributed by atoms with Crippen molar-refractivity contribution in [3.8, 4) is 0 Å². The smallest absolute Gasteiger partial charge is 0.223 e. The molecule has 18 heavy (non-hydrogen) atoms. The molecule has 0 aromatic carbocycles. The van der Waals surface area contributed by atoms with Gasteiger partial charge >= 0.3 is 0 Å². The number of hydrogen-bond donors (Lipinski definition) is 1. The highest BCUT2D eigenvalue weighted by Crippen LogP contribution is 2.31. The normalized spacial score (nSPS) is 27.7. The zero-order chi connectivity index (χ0) is 12.5. The van der Waals surface area contributed by atoms with Crippen LogP contribution < -0.4 is 0 Å². The van der Waals surface area contributed by atoms with Crippen LogP contribution in [0.25, 0.3) is 0 Å². The van der Waals surface area contributed by atoms with Gasteiger partial charge in [-0.3, -0.25) is 4.79 Å². The predicted molar refractivity (Wildman–Crippen MR) is 70.2 cm³/mol. The SMILES string of the molecule is CN1C[C@@H]2CCN(C(=O)CCc3ccc[nH]3)[C@@H]2C1. The molecule has 0 saturated carbocycles. The first kappa shape index (κ1) is 11.8. The lowest BCUT2D eigenvalue weighted by atomic mass is 10.1. The van der Waals surface area contributed by atoms with E-state index in [1.165, 1.54) is 6.42 Å². The molecular formula is C14H21N3O. The van der Waals surface area contributed by atoms with Crippen molar-refractivity contribution >= 4 is 5.91 Å². The van der Waals surface area contributed by atoms with Gasteiger partial charge in [-0.2, -0.15) is 0 Å². The van der Waals surface area contributed by atoms with Gasteiger partial charge in [-0.05, 0) is 37.9 Å². The van der Waals surface area contributed by atoms with E-state index in [1.807, 2.05) is 18.3 Å². The Morgan fingerprint density at radius 1 is 1.50 bits per heavy atom.